The quantitative estimate of drug-likeness (QED) is 0.761. The highest BCUT2D eigenvalue weighted by Gasteiger charge is 2.32. The molecule has 1 aliphatic carbocycles. The summed E-state index contributed by atoms with van der Waals surface area (Å²) >= 11 is 2.99. The summed E-state index contributed by atoms with van der Waals surface area (Å²) in [6.45, 7) is 0.841. The summed E-state index contributed by atoms with van der Waals surface area (Å²) in [4.78, 5) is 14.2. The monoisotopic (exact) mass is 338 g/mol. The van der Waals surface area contributed by atoms with Crippen LogP contribution in [0, 0.1) is 0 Å². The Balaban J connectivity index is 1.60. The zero-order chi connectivity index (χ0) is 15.4. The molecular weight excluding hydrogens is 320 g/mol. The number of amides is 2. The van der Waals surface area contributed by atoms with Gasteiger partial charge in [-0.2, -0.15) is 11.3 Å². The Morgan fingerprint density at radius 2 is 2.27 bits per heavy atom. The van der Waals surface area contributed by atoms with Crippen LogP contribution in [0.2, 0.25) is 0 Å². The van der Waals surface area contributed by atoms with Crippen molar-refractivity contribution in [3.05, 3.63) is 16.8 Å². The van der Waals surface area contributed by atoms with E-state index in [0.717, 1.165) is 36.3 Å². The summed E-state index contributed by atoms with van der Waals surface area (Å²) in [5.74, 6) is 0. The van der Waals surface area contributed by atoms with Crippen molar-refractivity contribution in [3.8, 4) is 10.6 Å². The number of aliphatic hydroxyl groups excluding tert-OH is 1. The number of nitrogens with one attached hydrogen (secondary N) is 1. The van der Waals surface area contributed by atoms with Gasteiger partial charge in [0.05, 0.1) is 0 Å². The first-order chi connectivity index (χ1) is 10.8. The summed E-state index contributed by atoms with van der Waals surface area (Å²) in [5, 5.41) is 25.2. The largest absolute Gasteiger partial charge is 0.396 e. The third kappa shape index (κ3) is 3.82. The van der Waals surface area contributed by atoms with E-state index in [-0.39, 0.29) is 12.6 Å². The maximum absolute atomic E-state index is 12.4. The summed E-state index contributed by atoms with van der Waals surface area (Å²) < 4.78 is 0. The van der Waals surface area contributed by atoms with E-state index in [0.29, 0.717) is 17.7 Å². The minimum absolute atomic E-state index is 0.117. The second-order valence-corrected chi connectivity index (χ2v) is 6.97. The van der Waals surface area contributed by atoms with E-state index in [4.69, 9.17) is 5.11 Å². The van der Waals surface area contributed by atoms with Crippen LogP contribution in [0.1, 0.15) is 25.7 Å². The maximum atomic E-state index is 12.4. The van der Waals surface area contributed by atoms with E-state index in [1.54, 1.807) is 11.3 Å². The number of carbonyl (C=O) groups is 1. The molecule has 0 spiro atoms. The number of thiophene rings is 1. The van der Waals surface area contributed by atoms with E-state index >= 15 is 0 Å². The van der Waals surface area contributed by atoms with Crippen molar-refractivity contribution < 1.29 is 9.90 Å². The molecule has 0 aliphatic heterocycles. The predicted molar refractivity (Wildman–Crippen MR) is 88.3 cm³/mol. The van der Waals surface area contributed by atoms with Gasteiger partial charge in [-0.15, -0.1) is 10.2 Å². The van der Waals surface area contributed by atoms with E-state index in [1.165, 1.54) is 11.3 Å². The maximum Gasteiger partial charge on any atom is 0.323 e. The number of aromatic nitrogens is 2. The average Bonchev–Trinajstić information content (AvgIpc) is 3.02. The molecule has 3 rings (SSSR count). The molecule has 2 amide bonds. The first kappa shape index (κ1) is 15.4. The number of nitrogens with zero attached hydrogens (tertiary/aromatic N) is 3. The fraction of sp³-hybridized carbons (Fsp3) is 0.500. The number of hydrogen-bond donors (Lipinski definition) is 2. The van der Waals surface area contributed by atoms with Gasteiger partial charge in [0.15, 0.2) is 0 Å². The molecule has 0 aromatic carbocycles. The highest BCUT2D eigenvalue weighted by molar-refractivity contribution is 7.19. The van der Waals surface area contributed by atoms with Crippen molar-refractivity contribution in [3.63, 3.8) is 0 Å². The van der Waals surface area contributed by atoms with Crippen LogP contribution in [-0.4, -0.2) is 45.4 Å². The summed E-state index contributed by atoms with van der Waals surface area (Å²) in [6, 6.07) is 2.21. The number of anilines is 1. The standard InChI is InChI=1S/C14H18N4O2S2/c19-7-2-1-6-18(11-3-4-11)14(20)15-13-17-16-12(22-13)10-5-8-21-9-10/h5,8-9,11,19H,1-4,6-7H2,(H,15,17,20). The molecule has 0 saturated heterocycles. The minimum atomic E-state index is -0.117. The van der Waals surface area contributed by atoms with Crippen molar-refractivity contribution in [2.24, 2.45) is 0 Å². The first-order valence-electron chi connectivity index (χ1n) is 7.32. The topological polar surface area (TPSA) is 78.4 Å². The third-order valence-corrected chi connectivity index (χ3v) is 5.03. The number of carbonyl (C=O) groups excluding carboxylic acids is 1. The van der Waals surface area contributed by atoms with Crippen LogP contribution in [0.4, 0.5) is 9.93 Å². The molecule has 1 aliphatic rings. The van der Waals surface area contributed by atoms with Gasteiger partial charge in [0.25, 0.3) is 0 Å². The van der Waals surface area contributed by atoms with Crippen LogP contribution in [0.3, 0.4) is 0 Å². The molecule has 0 unspecified atom stereocenters. The molecule has 2 N–H and O–H groups in total. The number of unbranched alkanes of at least 4 members (excludes halogenated alkanes) is 1. The van der Waals surface area contributed by atoms with Crippen LogP contribution >= 0.6 is 22.7 Å². The molecule has 118 valence electrons. The highest BCUT2D eigenvalue weighted by atomic mass is 32.1. The van der Waals surface area contributed by atoms with Gasteiger partial charge in [0.1, 0.15) is 5.01 Å². The fourth-order valence-electron chi connectivity index (χ4n) is 2.17. The lowest BCUT2D eigenvalue weighted by atomic mass is 10.3. The van der Waals surface area contributed by atoms with Crippen LogP contribution in [0.5, 0.6) is 0 Å². The van der Waals surface area contributed by atoms with Crippen LogP contribution in [0.15, 0.2) is 16.8 Å². The Morgan fingerprint density at radius 1 is 1.41 bits per heavy atom. The Hall–Kier alpha value is -1.51. The summed E-state index contributed by atoms with van der Waals surface area (Å²) in [6.07, 6.45) is 3.65. The van der Waals surface area contributed by atoms with E-state index in [9.17, 15) is 4.79 Å². The molecule has 1 saturated carbocycles. The molecule has 0 radical (unpaired) electrons. The first-order valence-corrected chi connectivity index (χ1v) is 9.08. The normalized spacial score (nSPS) is 14.0. The highest BCUT2D eigenvalue weighted by Crippen LogP contribution is 2.30. The predicted octanol–water partition coefficient (Wildman–Crippen LogP) is 3.04. The molecule has 2 aromatic rings. The van der Waals surface area contributed by atoms with Crippen LogP contribution < -0.4 is 5.32 Å². The van der Waals surface area contributed by atoms with Gasteiger partial charge in [-0.25, -0.2) is 4.79 Å². The van der Waals surface area contributed by atoms with Crippen LogP contribution in [0.25, 0.3) is 10.6 Å². The molecule has 2 heterocycles. The molecular formula is C14H18N4O2S2. The molecule has 8 heteroatoms. The van der Waals surface area contributed by atoms with Crippen LogP contribution in [-0.2, 0) is 0 Å². The average molecular weight is 338 g/mol. The van der Waals surface area contributed by atoms with Gasteiger partial charge >= 0.3 is 6.03 Å². The minimum Gasteiger partial charge on any atom is -0.396 e. The molecule has 6 nitrogen and oxygen atoms in total. The zero-order valence-electron chi connectivity index (χ0n) is 12.1. The number of urea groups is 1. The van der Waals surface area contributed by atoms with Crippen molar-refractivity contribution in [1.29, 1.82) is 0 Å². The van der Waals surface area contributed by atoms with Crippen molar-refractivity contribution in [1.82, 2.24) is 15.1 Å². The fourth-order valence-corrected chi connectivity index (χ4v) is 3.61. The Kier molecular flexibility index (Phi) is 5.01. The molecule has 0 atom stereocenters. The molecule has 22 heavy (non-hydrogen) atoms. The van der Waals surface area contributed by atoms with Gasteiger partial charge in [-0.1, -0.05) is 11.3 Å². The number of aliphatic hydroxyl groups is 1. The van der Waals surface area contributed by atoms with Crippen molar-refractivity contribution in [2.75, 3.05) is 18.5 Å². The van der Waals surface area contributed by atoms with Gasteiger partial charge in [-0.3, -0.25) is 5.32 Å². The van der Waals surface area contributed by atoms with E-state index < -0.39 is 0 Å². The number of hydrogen-bond acceptors (Lipinski definition) is 6. The molecule has 1 fully saturated rings. The second kappa shape index (κ2) is 7.17. The lowest BCUT2D eigenvalue weighted by molar-refractivity contribution is 0.204. The molecule has 2 aromatic heterocycles. The Bertz CT molecular complexity index is 610. The van der Waals surface area contributed by atoms with E-state index in [2.05, 4.69) is 15.5 Å². The Morgan fingerprint density at radius 3 is 2.95 bits per heavy atom. The lowest BCUT2D eigenvalue weighted by Gasteiger charge is -2.21. The smallest absolute Gasteiger partial charge is 0.323 e. The summed E-state index contributed by atoms with van der Waals surface area (Å²) in [5.41, 5.74) is 1.03. The van der Waals surface area contributed by atoms with Gasteiger partial charge in [0, 0.05) is 30.1 Å². The van der Waals surface area contributed by atoms with Crippen molar-refractivity contribution in [2.45, 2.75) is 31.7 Å². The Labute approximate surface area is 136 Å². The zero-order valence-corrected chi connectivity index (χ0v) is 13.7. The van der Waals surface area contributed by atoms with Gasteiger partial charge in [0.2, 0.25) is 5.13 Å². The second-order valence-electron chi connectivity index (χ2n) is 5.21. The van der Waals surface area contributed by atoms with Crippen molar-refractivity contribution >= 4 is 33.8 Å². The van der Waals surface area contributed by atoms with Gasteiger partial charge in [-0.05, 0) is 37.1 Å². The lowest BCUT2D eigenvalue weighted by Crippen LogP contribution is -2.37. The van der Waals surface area contributed by atoms with Gasteiger partial charge < -0.3 is 10.0 Å². The van der Waals surface area contributed by atoms with E-state index in [1.807, 2.05) is 21.7 Å². The summed E-state index contributed by atoms with van der Waals surface area (Å²) in [7, 11) is 0. The third-order valence-electron chi connectivity index (χ3n) is 3.46. The number of rotatable bonds is 7. The SMILES string of the molecule is O=C(Nc1nnc(-c2ccsc2)s1)N(CCCCO)C1CC1. The molecule has 0 bridgehead atoms.